The van der Waals surface area contributed by atoms with Crippen LogP contribution in [0.15, 0.2) is 62.9 Å². The van der Waals surface area contributed by atoms with Gasteiger partial charge >= 0.3 is 6.18 Å². The van der Waals surface area contributed by atoms with E-state index in [1.165, 1.54) is 29.2 Å². The minimum atomic E-state index is -4.50. The van der Waals surface area contributed by atoms with Crippen LogP contribution in [0.1, 0.15) is 34.8 Å². The van der Waals surface area contributed by atoms with Crippen LogP contribution >= 0.6 is 11.8 Å². The third-order valence-electron chi connectivity index (χ3n) is 4.83. The Morgan fingerprint density at radius 3 is 2.76 bits per heavy atom. The standard InChI is InChI=1S/C21H16F3N5O3S/c22-21(23,24)12-3-1-4-14(9-12)29-18(16-5-2-8-31-16)27-28-20(29)33-11-17-26-15(10-32-17)19(30)25-13-6-7-13/h1-5,8-10,13H,6-7,11H2,(H,25,30). The van der Waals surface area contributed by atoms with Crippen molar-refractivity contribution < 1.29 is 26.8 Å². The Kier molecular flexibility index (Phi) is 5.44. The minimum Gasteiger partial charge on any atom is -0.461 e. The number of amides is 1. The molecule has 4 aromatic rings. The molecule has 8 nitrogen and oxygen atoms in total. The summed E-state index contributed by atoms with van der Waals surface area (Å²) in [6, 6.07) is 8.34. The summed E-state index contributed by atoms with van der Waals surface area (Å²) in [5, 5.41) is 11.4. The van der Waals surface area contributed by atoms with E-state index in [1.807, 2.05) is 0 Å². The van der Waals surface area contributed by atoms with Crippen LogP contribution in [-0.2, 0) is 11.9 Å². The van der Waals surface area contributed by atoms with Gasteiger partial charge in [-0.15, -0.1) is 10.2 Å². The second-order valence-corrected chi connectivity index (χ2v) is 8.27. The number of nitrogens with one attached hydrogen (secondary N) is 1. The number of benzene rings is 1. The molecule has 3 heterocycles. The molecular weight excluding hydrogens is 459 g/mol. The van der Waals surface area contributed by atoms with Crippen LogP contribution < -0.4 is 5.32 Å². The van der Waals surface area contributed by atoms with E-state index in [1.54, 1.807) is 12.1 Å². The molecule has 0 aliphatic heterocycles. The zero-order valence-corrected chi connectivity index (χ0v) is 17.7. The smallest absolute Gasteiger partial charge is 0.416 e. The number of halogens is 3. The lowest BCUT2D eigenvalue weighted by atomic mass is 10.2. The molecule has 0 unspecified atom stereocenters. The highest BCUT2D eigenvalue weighted by Gasteiger charge is 2.31. The normalized spacial score (nSPS) is 13.9. The van der Waals surface area contributed by atoms with Crippen molar-refractivity contribution in [3.8, 4) is 17.3 Å². The van der Waals surface area contributed by atoms with Gasteiger partial charge in [0, 0.05) is 6.04 Å². The van der Waals surface area contributed by atoms with E-state index in [9.17, 15) is 18.0 Å². The van der Waals surface area contributed by atoms with Crippen LogP contribution in [0.4, 0.5) is 13.2 Å². The molecule has 0 saturated heterocycles. The van der Waals surface area contributed by atoms with Crippen LogP contribution in [0.2, 0.25) is 0 Å². The Hall–Kier alpha value is -3.54. The topological polar surface area (TPSA) is 99.0 Å². The van der Waals surface area contributed by atoms with Gasteiger partial charge in [-0.25, -0.2) is 4.98 Å². The van der Waals surface area contributed by atoms with Gasteiger partial charge in [-0.1, -0.05) is 17.8 Å². The fourth-order valence-electron chi connectivity index (χ4n) is 3.08. The van der Waals surface area contributed by atoms with Gasteiger partial charge in [-0.05, 0) is 43.2 Å². The van der Waals surface area contributed by atoms with Gasteiger partial charge in [0.25, 0.3) is 5.91 Å². The van der Waals surface area contributed by atoms with Crippen molar-refractivity contribution in [2.24, 2.45) is 0 Å². The number of thioether (sulfide) groups is 1. The number of hydrogen-bond acceptors (Lipinski definition) is 7. The van der Waals surface area contributed by atoms with Crippen molar-refractivity contribution in [3.05, 3.63) is 66.1 Å². The number of carbonyl (C=O) groups excluding carboxylic acids is 1. The maximum Gasteiger partial charge on any atom is 0.416 e. The molecule has 1 aromatic carbocycles. The molecule has 1 saturated carbocycles. The first-order valence-electron chi connectivity index (χ1n) is 9.93. The number of nitrogens with zero attached hydrogens (tertiary/aromatic N) is 4. The summed E-state index contributed by atoms with van der Waals surface area (Å²) in [7, 11) is 0. The molecule has 1 aliphatic rings. The average Bonchev–Trinajstić information content (AvgIpc) is 3.20. The highest BCUT2D eigenvalue weighted by molar-refractivity contribution is 7.98. The molecule has 1 N–H and O–H groups in total. The lowest BCUT2D eigenvalue weighted by Crippen LogP contribution is -2.25. The zero-order chi connectivity index (χ0) is 23.0. The van der Waals surface area contributed by atoms with Gasteiger partial charge in [-0.2, -0.15) is 13.2 Å². The van der Waals surface area contributed by atoms with Crippen molar-refractivity contribution in [2.45, 2.75) is 36.0 Å². The summed E-state index contributed by atoms with van der Waals surface area (Å²) in [5.74, 6) is 0.760. The van der Waals surface area contributed by atoms with E-state index in [0.717, 1.165) is 36.7 Å². The summed E-state index contributed by atoms with van der Waals surface area (Å²) in [6.45, 7) is 0. The van der Waals surface area contributed by atoms with Crippen LogP contribution in [0, 0.1) is 0 Å². The lowest BCUT2D eigenvalue weighted by molar-refractivity contribution is -0.137. The summed E-state index contributed by atoms with van der Waals surface area (Å²) in [4.78, 5) is 16.3. The fraction of sp³-hybridized carbons (Fsp3) is 0.238. The van der Waals surface area contributed by atoms with Gasteiger partial charge in [0.2, 0.25) is 11.7 Å². The summed E-state index contributed by atoms with van der Waals surface area (Å²) in [6.07, 6.45) is 0.121. The van der Waals surface area contributed by atoms with E-state index in [2.05, 4.69) is 20.5 Å². The number of oxazole rings is 1. The van der Waals surface area contributed by atoms with Gasteiger partial charge in [0.15, 0.2) is 16.6 Å². The predicted octanol–water partition coefficient (Wildman–Crippen LogP) is 4.72. The monoisotopic (exact) mass is 475 g/mol. The highest BCUT2D eigenvalue weighted by atomic mass is 32.2. The maximum absolute atomic E-state index is 13.3. The Bertz CT molecular complexity index is 1280. The summed E-state index contributed by atoms with van der Waals surface area (Å²) < 4.78 is 52.1. The second-order valence-electron chi connectivity index (χ2n) is 7.33. The largest absolute Gasteiger partial charge is 0.461 e. The van der Waals surface area contributed by atoms with Crippen molar-refractivity contribution in [1.29, 1.82) is 0 Å². The highest BCUT2D eigenvalue weighted by Crippen LogP contribution is 2.34. The number of aromatic nitrogens is 4. The lowest BCUT2D eigenvalue weighted by Gasteiger charge is -2.12. The summed E-state index contributed by atoms with van der Waals surface area (Å²) >= 11 is 1.16. The van der Waals surface area contributed by atoms with E-state index in [-0.39, 0.29) is 40.8 Å². The molecule has 5 rings (SSSR count). The van der Waals surface area contributed by atoms with E-state index in [4.69, 9.17) is 8.83 Å². The van der Waals surface area contributed by atoms with Gasteiger partial charge in [-0.3, -0.25) is 9.36 Å². The Morgan fingerprint density at radius 1 is 1.18 bits per heavy atom. The Morgan fingerprint density at radius 2 is 2.03 bits per heavy atom. The van der Waals surface area contributed by atoms with Gasteiger partial charge in [0.05, 0.1) is 23.3 Å². The average molecular weight is 475 g/mol. The molecule has 0 atom stereocenters. The zero-order valence-electron chi connectivity index (χ0n) is 16.9. The van der Waals surface area contributed by atoms with Crippen LogP contribution in [0.3, 0.4) is 0 Å². The molecule has 0 bridgehead atoms. The molecular formula is C21H16F3N5O3S. The fourth-order valence-corrected chi connectivity index (χ4v) is 3.88. The maximum atomic E-state index is 13.3. The number of hydrogen-bond donors (Lipinski definition) is 1. The third kappa shape index (κ3) is 4.65. The third-order valence-corrected chi connectivity index (χ3v) is 5.74. The van der Waals surface area contributed by atoms with Crippen LogP contribution in [0.25, 0.3) is 17.3 Å². The molecule has 12 heteroatoms. The van der Waals surface area contributed by atoms with Crippen molar-refractivity contribution in [2.75, 3.05) is 0 Å². The molecule has 1 fully saturated rings. The molecule has 3 aromatic heterocycles. The molecule has 170 valence electrons. The first kappa shape index (κ1) is 21.3. The molecule has 1 amide bonds. The molecule has 0 spiro atoms. The number of carbonyl (C=O) groups is 1. The van der Waals surface area contributed by atoms with Gasteiger partial charge in [0.1, 0.15) is 6.26 Å². The molecule has 0 radical (unpaired) electrons. The predicted molar refractivity (Wildman–Crippen MR) is 111 cm³/mol. The molecule has 1 aliphatic carbocycles. The molecule has 33 heavy (non-hydrogen) atoms. The number of furan rings is 1. The Labute approximate surface area is 189 Å². The van der Waals surface area contributed by atoms with Crippen LogP contribution in [-0.4, -0.2) is 31.7 Å². The second kappa shape index (κ2) is 8.43. The van der Waals surface area contributed by atoms with Crippen molar-refractivity contribution in [3.63, 3.8) is 0 Å². The van der Waals surface area contributed by atoms with E-state index >= 15 is 0 Å². The van der Waals surface area contributed by atoms with Crippen LogP contribution in [0.5, 0.6) is 0 Å². The SMILES string of the molecule is O=C(NC1CC1)c1coc(CSc2nnc(-c3ccco3)n2-c2cccc(C(F)(F)F)c2)n1. The Balaban J connectivity index is 1.43. The number of alkyl halides is 3. The first-order chi connectivity index (χ1) is 15.9. The van der Waals surface area contributed by atoms with E-state index in [0.29, 0.717) is 10.9 Å². The number of rotatable bonds is 7. The van der Waals surface area contributed by atoms with Crippen molar-refractivity contribution in [1.82, 2.24) is 25.1 Å². The van der Waals surface area contributed by atoms with E-state index < -0.39 is 11.7 Å². The van der Waals surface area contributed by atoms with Gasteiger partial charge < -0.3 is 14.2 Å². The summed E-state index contributed by atoms with van der Waals surface area (Å²) in [5.41, 5.74) is -0.400. The van der Waals surface area contributed by atoms with Crippen molar-refractivity contribution >= 4 is 17.7 Å². The quantitative estimate of drug-likeness (QED) is 0.386. The minimum absolute atomic E-state index is 0.174. The first-order valence-corrected chi connectivity index (χ1v) is 10.9.